The number of β-lactam (4-membered cyclic amide) rings is 1. The lowest BCUT2D eigenvalue weighted by Crippen LogP contribution is -2.66. The van der Waals surface area contributed by atoms with E-state index in [2.05, 4.69) is 15.2 Å². The standard InChI is InChI=1S/C35H36N4O6/c1-44-28-12-8-25(9-13-28)21-39(22-26-10-14-29(45-2)15-11-26)30-20-27(16-18-36-30)23-38(19-17-24-6-4-3-5-7-24)34(41)31-32(35(42)43)37-33(31)40/h3-16,18,20,31-32H,17,19,21-23H2,1-2H3,(H,37,40)(H,42,43)/t31-,32+/m1/s1. The molecule has 2 N–H and O–H groups in total. The number of pyridine rings is 1. The van der Waals surface area contributed by atoms with Crippen LogP contribution in [0.25, 0.3) is 0 Å². The maximum atomic E-state index is 13.6. The average molecular weight is 609 g/mol. The molecule has 1 fully saturated rings. The molecule has 232 valence electrons. The Morgan fingerprint density at radius 2 is 1.40 bits per heavy atom. The topological polar surface area (TPSA) is 121 Å². The van der Waals surface area contributed by atoms with E-state index < -0.39 is 29.7 Å². The number of nitrogens with one attached hydrogen (secondary N) is 1. The predicted molar refractivity (Wildman–Crippen MR) is 169 cm³/mol. The van der Waals surface area contributed by atoms with Gasteiger partial charge in [0.15, 0.2) is 0 Å². The van der Waals surface area contributed by atoms with Crippen LogP contribution in [0.2, 0.25) is 0 Å². The number of anilines is 1. The lowest BCUT2D eigenvalue weighted by Gasteiger charge is -2.36. The van der Waals surface area contributed by atoms with Crippen molar-refractivity contribution >= 4 is 23.6 Å². The number of hydrogen-bond acceptors (Lipinski definition) is 7. The molecule has 4 aromatic rings. The zero-order chi connectivity index (χ0) is 31.8. The summed E-state index contributed by atoms with van der Waals surface area (Å²) in [6.45, 7) is 1.63. The van der Waals surface area contributed by atoms with Gasteiger partial charge in [0.05, 0.1) is 14.2 Å². The average Bonchev–Trinajstić information content (AvgIpc) is 3.06. The summed E-state index contributed by atoms with van der Waals surface area (Å²) < 4.78 is 10.6. The van der Waals surface area contributed by atoms with Crippen molar-refractivity contribution in [3.63, 3.8) is 0 Å². The molecule has 2 atom stereocenters. The highest BCUT2D eigenvalue weighted by atomic mass is 16.5. The number of carboxylic acids is 1. The van der Waals surface area contributed by atoms with Crippen molar-refractivity contribution in [1.82, 2.24) is 15.2 Å². The Morgan fingerprint density at radius 3 is 1.93 bits per heavy atom. The maximum Gasteiger partial charge on any atom is 0.327 e. The molecule has 0 unspecified atom stereocenters. The van der Waals surface area contributed by atoms with Crippen LogP contribution < -0.4 is 19.7 Å². The van der Waals surface area contributed by atoms with E-state index in [4.69, 9.17) is 9.47 Å². The molecule has 45 heavy (non-hydrogen) atoms. The lowest BCUT2D eigenvalue weighted by atomic mass is 9.89. The first kappa shape index (κ1) is 31.1. The maximum absolute atomic E-state index is 13.6. The van der Waals surface area contributed by atoms with Crippen LogP contribution >= 0.6 is 0 Å². The van der Waals surface area contributed by atoms with Crippen LogP contribution in [0.5, 0.6) is 11.5 Å². The van der Waals surface area contributed by atoms with Crippen molar-refractivity contribution in [1.29, 1.82) is 0 Å². The highest BCUT2D eigenvalue weighted by Gasteiger charge is 2.50. The molecule has 0 radical (unpaired) electrons. The smallest absolute Gasteiger partial charge is 0.327 e. The Bertz CT molecular complexity index is 1560. The number of amides is 2. The van der Waals surface area contributed by atoms with Gasteiger partial charge in [-0.1, -0.05) is 54.6 Å². The molecule has 0 saturated carbocycles. The summed E-state index contributed by atoms with van der Waals surface area (Å²) in [5.41, 5.74) is 3.96. The van der Waals surface area contributed by atoms with E-state index in [-0.39, 0.29) is 6.54 Å². The van der Waals surface area contributed by atoms with Crippen LogP contribution in [0, 0.1) is 5.92 Å². The zero-order valence-corrected chi connectivity index (χ0v) is 25.3. The van der Waals surface area contributed by atoms with E-state index in [0.717, 1.165) is 33.8 Å². The summed E-state index contributed by atoms with van der Waals surface area (Å²) in [5.74, 6) is -1.32. The van der Waals surface area contributed by atoms with Gasteiger partial charge in [-0.3, -0.25) is 9.59 Å². The van der Waals surface area contributed by atoms with Crippen molar-refractivity contribution < 1.29 is 29.0 Å². The van der Waals surface area contributed by atoms with Crippen LogP contribution in [0.3, 0.4) is 0 Å². The third-order valence-corrected chi connectivity index (χ3v) is 7.84. The number of methoxy groups -OCH3 is 2. The molecular weight excluding hydrogens is 572 g/mol. The van der Waals surface area contributed by atoms with Gasteiger partial charge in [0, 0.05) is 32.4 Å². The number of ether oxygens (including phenoxy) is 2. The number of aliphatic carboxylic acids is 1. The quantitative estimate of drug-likeness (QED) is 0.162. The Balaban J connectivity index is 1.41. The molecule has 10 nitrogen and oxygen atoms in total. The van der Waals surface area contributed by atoms with Gasteiger partial charge in [0.25, 0.3) is 0 Å². The SMILES string of the molecule is COc1ccc(CN(Cc2ccc(OC)cc2)c2cc(CN(CCc3ccccc3)C(=O)[C@H]3C(=O)N[C@@H]3C(=O)O)ccn2)cc1. The molecule has 1 aromatic heterocycles. The van der Waals surface area contributed by atoms with Crippen LogP contribution in [0.15, 0.2) is 97.2 Å². The molecule has 0 bridgehead atoms. The number of carbonyl (C=O) groups excluding carboxylic acids is 2. The van der Waals surface area contributed by atoms with E-state index in [1.165, 1.54) is 0 Å². The second-order valence-corrected chi connectivity index (χ2v) is 10.9. The zero-order valence-electron chi connectivity index (χ0n) is 25.3. The Morgan fingerprint density at radius 1 is 0.800 bits per heavy atom. The van der Waals surface area contributed by atoms with E-state index in [0.29, 0.717) is 31.9 Å². The van der Waals surface area contributed by atoms with Gasteiger partial charge in [0.2, 0.25) is 11.8 Å². The first-order valence-electron chi connectivity index (χ1n) is 14.7. The Hall–Kier alpha value is -5.38. The van der Waals surface area contributed by atoms with Crippen LogP contribution in [-0.2, 0) is 40.4 Å². The molecule has 1 aliphatic rings. The predicted octanol–water partition coefficient (Wildman–Crippen LogP) is 4.08. The fraction of sp³-hybridized carbons (Fsp3) is 0.257. The summed E-state index contributed by atoms with van der Waals surface area (Å²) in [4.78, 5) is 46.1. The number of nitrogens with zero attached hydrogens (tertiary/aromatic N) is 3. The first-order valence-corrected chi connectivity index (χ1v) is 14.7. The first-order chi connectivity index (χ1) is 21.8. The van der Waals surface area contributed by atoms with Crippen LogP contribution in [0.4, 0.5) is 5.82 Å². The monoisotopic (exact) mass is 608 g/mol. The minimum absolute atomic E-state index is 0.191. The number of carbonyl (C=O) groups is 3. The molecule has 2 heterocycles. The third kappa shape index (κ3) is 7.77. The molecule has 0 aliphatic carbocycles. The minimum Gasteiger partial charge on any atom is -0.497 e. The number of aromatic nitrogens is 1. The molecular formula is C35H36N4O6. The van der Waals surface area contributed by atoms with Crippen molar-refractivity contribution in [3.05, 3.63) is 119 Å². The second kappa shape index (κ2) is 14.4. The summed E-state index contributed by atoms with van der Waals surface area (Å²) >= 11 is 0. The van der Waals surface area contributed by atoms with Crippen molar-refractivity contribution in [2.75, 3.05) is 25.7 Å². The van der Waals surface area contributed by atoms with Gasteiger partial charge in [0.1, 0.15) is 29.3 Å². The van der Waals surface area contributed by atoms with E-state index in [9.17, 15) is 19.5 Å². The van der Waals surface area contributed by atoms with Gasteiger partial charge in [-0.15, -0.1) is 0 Å². The van der Waals surface area contributed by atoms with Crippen molar-refractivity contribution in [3.8, 4) is 11.5 Å². The lowest BCUT2D eigenvalue weighted by molar-refractivity contribution is -0.161. The van der Waals surface area contributed by atoms with Gasteiger partial charge >= 0.3 is 5.97 Å². The normalized spacial score (nSPS) is 15.4. The van der Waals surface area contributed by atoms with Gasteiger partial charge in [-0.25, -0.2) is 9.78 Å². The highest BCUT2D eigenvalue weighted by Crippen LogP contribution is 2.24. The highest BCUT2D eigenvalue weighted by molar-refractivity contribution is 6.11. The van der Waals surface area contributed by atoms with Gasteiger partial charge in [-0.05, 0) is 65.1 Å². The molecule has 1 saturated heterocycles. The Labute approximate surface area is 262 Å². The minimum atomic E-state index is -1.26. The van der Waals surface area contributed by atoms with Crippen molar-refractivity contribution in [2.45, 2.75) is 32.1 Å². The molecule has 2 amide bonds. The largest absolute Gasteiger partial charge is 0.497 e. The second-order valence-electron chi connectivity index (χ2n) is 10.9. The number of benzene rings is 3. The fourth-order valence-corrected chi connectivity index (χ4v) is 5.29. The van der Waals surface area contributed by atoms with Crippen LogP contribution in [0.1, 0.15) is 22.3 Å². The fourth-order valence-electron chi connectivity index (χ4n) is 5.29. The van der Waals surface area contributed by atoms with E-state index in [1.807, 2.05) is 91.0 Å². The van der Waals surface area contributed by atoms with E-state index >= 15 is 0 Å². The van der Waals surface area contributed by atoms with Gasteiger partial charge < -0.3 is 29.7 Å². The molecule has 1 aliphatic heterocycles. The molecule has 10 heteroatoms. The summed E-state index contributed by atoms with van der Waals surface area (Å²) in [6.07, 6.45) is 2.26. The summed E-state index contributed by atoms with van der Waals surface area (Å²) in [5, 5.41) is 11.9. The van der Waals surface area contributed by atoms with Gasteiger partial charge in [-0.2, -0.15) is 0 Å². The third-order valence-electron chi connectivity index (χ3n) is 7.84. The van der Waals surface area contributed by atoms with E-state index in [1.54, 1.807) is 25.3 Å². The summed E-state index contributed by atoms with van der Waals surface area (Å²) in [6, 6.07) is 28.0. The molecule has 5 rings (SSSR count). The number of rotatable bonds is 14. The summed E-state index contributed by atoms with van der Waals surface area (Å²) in [7, 11) is 3.26. The Kier molecular flexibility index (Phi) is 9.93. The van der Waals surface area contributed by atoms with Crippen LogP contribution in [-0.4, -0.2) is 59.6 Å². The number of hydrogen-bond donors (Lipinski definition) is 2. The van der Waals surface area contributed by atoms with Crippen molar-refractivity contribution in [2.24, 2.45) is 5.92 Å². The molecule has 3 aromatic carbocycles. The molecule has 0 spiro atoms. The number of carboxylic acid groups (broad SMARTS) is 1.